The highest BCUT2D eigenvalue weighted by molar-refractivity contribution is 4.95. The molecule has 1 saturated carbocycles. The predicted octanol–water partition coefficient (Wildman–Crippen LogP) is 2.90. The Kier molecular flexibility index (Phi) is 5.49. The van der Waals surface area contributed by atoms with Gasteiger partial charge in [0.15, 0.2) is 0 Å². The molecule has 4 unspecified atom stereocenters. The van der Waals surface area contributed by atoms with Crippen LogP contribution in [0.1, 0.15) is 53.4 Å². The van der Waals surface area contributed by atoms with E-state index in [1.807, 2.05) is 0 Å². The molecular formula is C17H34N2O. The molecule has 0 radical (unpaired) electrons. The van der Waals surface area contributed by atoms with Crippen LogP contribution in [0.3, 0.4) is 0 Å². The van der Waals surface area contributed by atoms with Crippen molar-refractivity contribution in [3.05, 3.63) is 0 Å². The number of rotatable bonds is 5. The Balaban J connectivity index is 1.98. The highest BCUT2D eigenvalue weighted by atomic mass is 16.5. The van der Waals surface area contributed by atoms with Crippen LogP contribution in [-0.2, 0) is 4.74 Å². The van der Waals surface area contributed by atoms with Crippen LogP contribution in [-0.4, -0.2) is 49.8 Å². The molecule has 1 aliphatic heterocycles. The van der Waals surface area contributed by atoms with Gasteiger partial charge in [-0.2, -0.15) is 0 Å². The zero-order chi connectivity index (χ0) is 14.8. The van der Waals surface area contributed by atoms with Gasteiger partial charge in [-0.05, 0) is 51.1 Å². The van der Waals surface area contributed by atoms with Crippen LogP contribution in [0.25, 0.3) is 0 Å². The zero-order valence-corrected chi connectivity index (χ0v) is 14.1. The molecule has 1 N–H and O–H groups in total. The Labute approximate surface area is 125 Å². The molecule has 118 valence electrons. The van der Waals surface area contributed by atoms with E-state index in [0.717, 1.165) is 19.1 Å². The van der Waals surface area contributed by atoms with E-state index in [0.29, 0.717) is 23.6 Å². The van der Waals surface area contributed by atoms with Crippen molar-refractivity contribution < 1.29 is 4.74 Å². The molecule has 1 heterocycles. The lowest BCUT2D eigenvalue weighted by Gasteiger charge is -2.46. The third-order valence-corrected chi connectivity index (χ3v) is 5.56. The maximum absolute atomic E-state index is 5.73. The third-order valence-electron chi connectivity index (χ3n) is 5.56. The summed E-state index contributed by atoms with van der Waals surface area (Å²) in [5.74, 6) is 0.775. The van der Waals surface area contributed by atoms with Crippen molar-refractivity contribution in [1.29, 1.82) is 0 Å². The van der Waals surface area contributed by atoms with Crippen LogP contribution in [0.15, 0.2) is 0 Å². The van der Waals surface area contributed by atoms with Crippen LogP contribution in [0, 0.1) is 11.3 Å². The summed E-state index contributed by atoms with van der Waals surface area (Å²) in [4.78, 5) is 2.56. The summed E-state index contributed by atoms with van der Waals surface area (Å²) >= 11 is 0. The standard InChI is InChI=1S/C17H34N2O/c1-6-18-16-14(8-7-10-17(16,3)4)12-19(5)15-9-11-20-13(15)2/h13-16,18H,6-12H2,1-5H3. The minimum atomic E-state index is 0.397. The molecule has 1 saturated heterocycles. The molecule has 3 heteroatoms. The molecule has 4 atom stereocenters. The second-order valence-corrected chi connectivity index (χ2v) is 7.55. The van der Waals surface area contributed by atoms with E-state index in [1.165, 1.54) is 32.2 Å². The average molecular weight is 282 g/mol. The first-order valence-electron chi connectivity index (χ1n) is 8.51. The number of hydrogen-bond acceptors (Lipinski definition) is 3. The van der Waals surface area contributed by atoms with Crippen LogP contribution >= 0.6 is 0 Å². The number of likely N-dealkylation sites (N-methyl/N-ethyl adjacent to an activating group) is 1. The monoisotopic (exact) mass is 282 g/mol. The molecule has 0 spiro atoms. The van der Waals surface area contributed by atoms with Gasteiger partial charge >= 0.3 is 0 Å². The summed E-state index contributed by atoms with van der Waals surface area (Å²) in [6.07, 6.45) is 5.69. The van der Waals surface area contributed by atoms with E-state index in [9.17, 15) is 0 Å². The molecule has 0 aromatic heterocycles. The molecule has 2 fully saturated rings. The first-order valence-corrected chi connectivity index (χ1v) is 8.51. The minimum absolute atomic E-state index is 0.397. The van der Waals surface area contributed by atoms with Gasteiger partial charge in [0, 0.05) is 25.2 Å². The SMILES string of the molecule is CCNC1C(CN(C)C2CCOC2C)CCCC1(C)C. The largest absolute Gasteiger partial charge is 0.377 e. The summed E-state index contributed by atoms with van der Waals surface area (Å²) in [6, 6.07) is 1.27. The van der Waals surface area contributed by atoms with Crippen molar-refractivity contribution in [2.45, 2.75) is 71.6 Å². The number of hydrogen-bond donors (Lipinski definition) is 1. The van der Waals surface area contributed by atoms with Gasteiger partial charge < -0.3 is 15.0 Å². The molecule has 20 heavy (non-hydrogen) atoms. The van der Waals surface area contributed by atoms with Gasteiger partial charge in [0.05, 0.1) is 6.10 Å². The summed E-state index contributed by atoms with van der Waals surface area (Å²) in [7, 11) is 2.29. The van der Waals surface area contributed by atoms with Crippen LogP contribution in [0.4, 0.5) is 0 Å². The molecule has 2 aliphatic rings. The number of ether oxygens (including phenoxy) is 1. The number of nitrogens with one attached hydrogen (secondary N) is 1. The number of nitrogens with zero attached hydrogens (tertiary/aromatic N) is 1. The van der Waals surface area contributed by atoms with E-state index in [-0.39, 0.29) is 0 Å². The molecule has 0 bridgehead atoms. The fourth-order valence-electron chi connectivity index (χ4n) is 4.44. The van der Waals surface area contributed by atoms with Crippen molar-refractivity contribution in [1.82, 2.24) is 10.2 Å². The molecule has 0 amide bonds. The Morgan fingerprint density at radius 3 is 2.65 bits per heavy atom. The van der Waals surface area contributed by atoms with Crippen LogP contribution < -0.4 is 5.32 Å². The van der Waals surface area contributed by atoms with Gasteiger partial charge in [0.25, 0.3) is 0 Å². The first kappa shape index (κ1) is 16.3. The van der Waals surface area contributed by atoms with Gasteiger partial charge in [-0.1, -0.05) is 27.2 Å². The highest BCUT2D eigenvalue weighted by Crippen LogP contribution is 2.39. The maximum Gasteiger partial charge on any atom is 0.0702 e. The lowest BCUT2D eigenvalue weighted by Crippen LogP contribution is -2.53. The average Bonchev–Trinajstić information content (AvgIpc) is 2.79. The van der Waals surface area contributed by atoms with Crippen molar-refractivity contribution in [3.63, 3.8) is 0 Å². The van der Waals surface area contributed by atoms with Crippen molar-refractivity contribution in [2.75, 3.05) is 26.7 Å². The van der Waals surface area contributed by atoms with Gasteiger partial charge in [-0.25, -0.2) is 0 Å². The Bertz CT molecular complexity index is 305. The second kappa shape index (κ2) is 6.76. The Morgan fingerprint density at radius 2 is 2.05 bits per heavy atom. The summed E-state index contributed by atoms with van der Waals surface area (Å²) in [5.41, 5.74) is 0.428. The van der Waals surface area contributed by atoms with E-state index >= 15 is 0 Å². The van der Waals surface area contributed by atoms with Gasteiger partial charge in [-0.15, -0.1) is 0 Å². The van der Waals surface area contributed by atoms with Gasteiger partial charge in [0.2, 0.25) is 0 Å². The first-order chi connectivity index (χ1) is 9.45. The maximum atomic E-state index is 5.73. The molecule has 1 aliphatic carbocycles. The normalized spacial score (nSPS) is 37.5. The Morgan fingerprint density at radius 1 is 1.30 bits per heavy atom. The second-order valence-electron chi connectivity index (χ2n) is 7.55. The fourth-order valence-corrected chi connectivity index (χ4v) is 4.44. The third kappa shape index (κ3) is 3.55. The van der Waals surface area contributed by atoms with Crippen molar-refractivity contribution in [3.8, 4) is 0 Å². The molecule has 0 aromatic carbocycles. The lowest BCUT2D eigenvalue weighted by molar-refractivity contribution is 0.0499. The van der Waals surface area contributed by atoms with Crippen LogP contribution in [0.2, 0.25) is 0 Å². The van der Waals surface area contributed by atoms with Crippen LogP contribution in [0.5, 0.6) is 0 Å². The Hall–Kier alpha value is -0.120. The van der Waals surface area contributed by atoms with Gasteiger partial charge in [0.1, 0.15) is 0 Å². The molecule has 2 rings (SSSR count). The smallest absolute Gasteiger partial charge is 0.0702 e. The minimum Gasteiger partial charge on any atom is -0.377 e. The highest BCUT2D eigenvalue weighted by Gasteiger charge is 2.40. The molecular weight excluding hydrogens is 248 g/mol. The van der Waals surface area contributed by atoms with E-state index in [1.54, 1.807) is 0 Å². The molecule has 0 aromatic rings. The molecule has 3 nitrogen and oxygen atoms in total. The zero-order valence-electron chi connectivity index (χ0n) is 14.1. The van der Waals surface area contributed by atoms with Crippen molar-refractivity contribution in [2.24, 2.45) is 11.3 Å². The summed E-state index contributed by atoms with van der Waals surface area (Å²) < 4.78 is 5.73. The van der Waals surface area contributed by atoms with Gasteiger partial charge in [-0.3, -0.25) is 0 Å². The fraction of sp³-hybridized carbons (Fsp3) is 1.00. The quantitative estimate of drug-likeness (QED) is 0.839. The van der Waals surface area contributed by atoms with E-state index in [2.05, 4.69) is 45.0 Å². The van der Waals surface area contributed by atoms with E-state index < -0.39 is 0 Å². The summed E-state index contributed by atoms with van der Waals surface area (Å²) in [6.45, 7) is 12.6. The van der Waals surface area contributed by atoms with Crippen molar-refractivity contribution >= 4 is 0 Å². The topological polar surface area (TPSA) is 24.5 Å². The summed E-state index contributed by atoms with van der Waals surface area (Å²) in [5, 5.41) is 3.77. The van der Waals surface area contributed by atoms with E-state index in [4.69, 9.17) is 4.74 Å². The predicted molar refractivity (Wildman–Crippen MR) is 85.0 cm³/mol. The lowest BCUT2D eigenvalue weighted by atomic mass is 9.67.